The molecule has 0 N–H and O–H groups in total. The zero-order valence-corrected chi connectivity index (χ0v) is 18.3. The molecule has 0 radical (unpaired) electrons. The van der Waals surface area contributed by atoms with Gasteiger partial charge in [-0.3, -0.25) is 0 Å². The summed E-state index contributed by atoms with van der Waals surface area (Å²) in [5.41, 5.74) is 6.18. The fourth-order valence-corrected chi connectivity index (χ4v) is 3.81. The number of rotatable bonds is 8. The Hall–Kier alpha value is -3.46. The van der Waals surface area contributed by atoms with Crippen molar-refractivity contribution in [2.45, 2.75) is 20.8 Å². The summed E-state index contributed by atoms with van der Waals surface area (Å²) in [5, 5.41) is 0. The van der Waals surface area contributed by atoms with Crippen molar-refractivity contribution in [1.29, 1.82) is 0 Å². The van der Waals surface area contributed by atoms with Crippen LogP contribution in [0.4, 0.5) is 0 Å². The lowest BCUT2D eigenvalue weighted by Gasteiger charge is -2.41. The van der Waals surface area contributed by atoms with Gasteiger partial charge in [0.15, 0.2) is 0 Å². The van der Waals surface area contributed by atoms with Crippen molar-refractivity contribution < 1.29 is 4.74 Å². The Morgan fingerprint density at radius 1 is 0.933 bits per heavy atom. The lowest BCUT2D eigenvalue weighted by Crippen LogP contribution is -2.40. The third-order valence-electron chi connectivity index (χ3n) is 5.15. The molecule has 0 fully saturated rings. The molecule has 0 spiro atoms. The Bertz CT molecular complexity index is 992. The van der Waals surface area contributed by atoms with Gasteiger partial charge in [0.2, 0.25) is 0 Å². The number of ether oxygens (including phenoxy) is 1. The van der Waals surface area contributed by atoms with Crippen LogP contribution >= 0.6 is 0 Å². The summed E-state index contributed by atoms with van der Waals surface area (Å²) < 4.78 is 6.16. The molecule has 2 aliphatic rings. The Balaban J connectivity index is 2.89. The average Bonchev–Trinajstić information content (AvgIpc) is 2.74. The first kappa shape index (κ1) is 22.8. The molecule has 152 valence electrons. The molecular formula is C27H30BNO. The summed E-state index contributed by atoms with van der Waals surface area (Å²) in [4.78, 5) is 2.15. The fourth-order valence-electron chi connectivity index (χ4n) is 3.81. The fraction of sp³-hybridized carbons (Fsp3) is 0.111. The monoisotopic (exact) mass is 395 g/mol. The van der Waals surface area contributed by atoms with Crippen molar-refractivity contribution >= 4 is 6.71 Å². The SMILES string of the molecule is C=C/C=C\C1=C(C)OC(C=C)=C2B1C(/C=C\C=C)=C(C)N(C(/C=C\C=C)=C/C)C2=C. The summed E-state index contributed by atoms with van der Waals surface area (Å²) in [5.74, 6) is 1.57. The van der Waals surface area contributed by atoms with Gasteiger partial charge in [0.05, 0.1) is 5.76 Å². The van der Waals surface area contributed by atoms with Crippen molar-refractivity contribution in [3.05, 3.63) is 145 Å². The molecule has 0 saturated heterocycles. The summed E-state index contributed by atoms with van der Waals surface area (Å²) >= 11 is 0. The van der Waals surface area contributed by atoms with E-state index in [0.29, 0.717) is 0 Å². The van der Waals surface area contributed by atoms with E-state index in [9.17, 15) is 0 Å². The van der Waals surface area contributed by atoms with Gasteiger partial charge in [-0.25, -0.2) is 0 Å². The van der Waals surface area contributed by atoms with E-state index in [1.54, 1.807) is 24.3 Å². The maximum absolute atomic E-state index is 6.16. The smallest absolute Gasteiger partial charge is 0.255 e. The molecule has 0 aromatic carbocycles. The Kier molecular flexibility index (Phi) is 7.88. The van der Waals surface area contributed by atoms with Gasteiger partial charge in [0.1, 0.15) is 5.76 Å². The van der Waals surface area contributed by atoms with Gasteiger partial charge in [0, 0.05) is 17.1 Å². The molecule has 0 aromatic rings. The van der Waals surface area contributed by atoms with Gasteiger partial charge in [-0.1, -0.05) is 87.6 Å². The van der Waals surface area contributed by atoms with Crippen molar-refractivity contribution in [3.63, 3.8) is 0 Å². The molecule has 0 amide bonds. The van der Waals surface area contributed by atoms with Crippen molar-refractivity contribution in [2.24, 2.45) is 0 Å². The normalized spacial score (nSPS) is 18.0. The minimum Gasteiger partial charge on any atom is -0.463 e. The number of nitrogens with zero attached hydrogens (tertiary/aromatic N) is 1. The Labute approximate surface area is 182 Å². The van der Waals surface area contributed by atoms with Crippen LogP contribution in [0.3, 0.4) is 0 Å². The molecule has 0 bridgehead atoms. The third kappa shape index (κ3) is 4.26. The largest absolute Gasteiger partial charge is 0.463 e. The van der Waals surface area contributed by atoms with Crippen LogP contribution in [0, 0.1) is 0 Å². The van der Waals surface area contributed by atoms with Gasteiger partial charge in [-0.15, -0.1) is 0 Å². The third-order valence-corrected chi connectivity index (χ3v) is 5.15. The quantitative estimate of drug-likeness (QED) is 0.322. The Morgan fingerprint density at radius 2 is 1.53 bits per heavy atom. The van der Waals surface area contributed by atoms with Crippen molar-refractivity contribution in [2.75, 3.05) is 0 Å². The molecule has 2 aliphatic heterocycles. The van der Waals surface area contributed by atoms with Gasteiger partial charge < -0.3 is 9.64 Å². The molecule has 0 unspecified atom stereocenters. The predicted octanol–water partition coefficient (Wildman–Crippen LogP) is 7.08. The molecule has 2 rings (SSSR count). The number of hydrogen-bond acceptors (Lipinski definition) is 2. The zero-order chi connectivity index (χ0) is 22.3. The van der Waals surface area contributed by atoms with Gasteiger partial charge in [-0.2, -0.15) is 0 Å². The molecule has 0 aromatic heterocycles. The molecule has 2 heterocycles. The highest BCUT2D eigenvalue weighted by Crippen LogP contribution is 2.44. The molecule has 0 aliphatic carbocycles. The predicted molar refractivity (Wildman–Crippen MR) is 132 cm³/mol. The summed E-state index contributed by atoms with van der Waals surface area (Å²) in [7, 11) is 0. The van der Waals surface area contributed by atoms with Crippen LogP contribution in [0.25, 0.3) is 0 Å². The van der Waals surface area contributed by atoms with E-state index in [-0.39, 0.29) is 6.71 Å². The van der Waals surface area contributed by atoms with E-state index in [1.807, 2.05) is 38.2 Å². The molecule has 3 heteroatoms. The highest BCUT2D eigenvalue weighted by molar-refractivity contribution is 6.83. The van der Waals surface area contributed by atoms with Crippen molar-refractivity contribution in [3.8, 4) is 0 Å². The number of allylic oxidation sites excluding steroid dienone is 16. The van der Waals surface area contributed by atoms with Crippen LogP contribution < -0.4 is 0 Å². The van der Waals surface area contributed by atoms with E-state index in [1.165, 1.54) is 0 Å². The summed E-state index contributed by atoms with van der Waals surface area (Å²) in [6, 6.07) is 0. The lowest BCUT2D eigenvalue weighted by atomic mass is 9.32. The van der Waals surface area contributed by atoms with Crippen LogP contribution in [0.2, 0.25) is 0 Å². The van der Waals surface area contributed by atoms with Crippen LogP contribution in [-0.4, -0.2) is 11.6 Å². The van der Waals surface area contributed by atoms with E-state index in [0.717, 1.165) is 45.0 Å². The summed E-state index contributed by atoms with van der Waals surface area (Å²) in [6.07, 6.45) is 21.1. The van der Waals surface area contributed by atoms with Crippen LogP contribution in [-0.2, 0) is 4.74 Å². The minimum atomic E-state index is -0.0237. The lowest BCUT2D eigenvalue weighted by molar-refractivity contribution is 0.314. The summed E-state index contributed by atoms with van der Waals surface area (Å²) in [6.45, 7) is 26.0. The highest BCUT2D eigenvalue weighted by atomic mass is 16.5. The zero-order valence-electron chi connectivity index (χ0n) is 18.3. The second-order valence-electron chi connectivity index (χ2n) is 6.85. The first-order chi connectivity index (χ1) is 14.5. The van der Waals surface area contributed by atoms with Gasteiger partial charge >= 0.3 is 0 Å². The van der Waals surface area contributed by atoms with E-state index < -0.39 is 0 Å². The second kappa shape index (κ2) is 10.4. The molecule has 2 nitrogen and oxygen atoms in total. The molecule has 30 heavy (non-hydrogen) atoms. The standard InChI is InChI=1S/C27H30BNO/c1-9-14-17-23(12-4)29-20(6)24(18-15-10-2)28-25(19-16-11-3)22(8)30-26(13-5)27(28)21(29)7/h9-19H,1-3,5,7H2,4,6,8H3/b17-14-,18-15-,19-16-,23-12+. The van der Waals surface area contributed by atoms with E-state index in [2.05, 4.69) is 62.9 Å². The topological polar surface area (TPSA) is 12.5 Å². The van der Waals surface area contributed by atoms with E-state index >= 15 is 0 Å². The minimum absolute atomic E-state index is 0.0237. The number of hydrogen-bond donors (Lipinski definition) is 0. The molecular weight excluding hydrogens is 365 g/mol. The first-order valence-electron chi connectivity index (χ1n) is 9.95. The first-order valence-corrected chi connectivity index (χ1v) is 9.95. The second-order valence-corrected chi connectivity index (χ2v) is 6.85. The van der Waals surface area contributed by atoms with Crippen molar-refractivity contribution in [1.82, 2.24) is 4.90 Å². The molecule has 0 atom stereocenters. The van der Waals surface area contributed by atoms with Crippen LogP contribution in [0.1, 0.15) is 20.8 Å². The molecule has 0 saturated carbocycles. The maximum atomic E-state index is 6.16. The number of fused-ring (bicyclic) bond motifs is 1. The highest BCUT2D eigenvalue weighted by Gasteiger charge is 2.42. The van der Waals surface area contributed by atoms with E-state index in [4.69, 9.17) is 4.74 Å². The Morgan fingerprint density at radius 3 is 2.07 bits per heavy atom. The maximum Gasteiger partial charge on any atom is 0.255 e. The average molecular weight is 395 g/mol. The van der Waals surface area contributed by atoms with Gasteiger partial charge in [-0.05, 0) is 49.3 Å². The van der Waals surface area contributed by atoms with Crippen LogP contribution in [0.15, 0.2) is 145 Å². The van der Waals surface area contributed by atoms with Gasteiger partial charge in [0.25, 0.3) is 6.71 Å². The van der Waals surface area contributed by atoms with Crippen LogP contribution in [0.5, 0.6) is 0 Å².